The van der Waals surface area contributed by atoms with Crippen LogP contribution in [0.5, 0.6) is 0 Å². The van der Waals surface area contributed by atoms with E-state index in [0.717, 1.165) is 109 Å². The van der Waals surface area contributed by atoms with E-state index in [9.17, 15) is 43.2 Å². The maximum atomic E-state index is 13.1. The third-order valence-corrected chi connectivity index (χ3v) is 20.8. The van der Waals surface area contributed by atoms with E-state index in [1.165, 1.54) is 231 Å². The van der Waals surface area contributed by atoms with Gasteiger partial charge in [-0.3, -0.25) is 37.3 Å². The van der Waals surface area contributed by atoms with Crippen molar-refractivity contribution in [1.82, 2.24) is 0 Å². The van der Waals surface area contributed by atoms with E-state index in [1.807, 2.05) is 0 Å². The topological polar surface area (TPSA) is 237 Å². The Hall–Kier alpha value is -1.94. The Morgan fingerprint density at radius 3 is 0.724 bits per heavy atom. The Morgan fingerprint density at radius 1 is 0.286 bits per heavy atom. The van der Waals surface area contributed by atoms with Crippen LogP contribution in [0.1, 0.15) is 420 Å². The highest BCUT2D eigenvalue weighted by Crippen LogP contribution is 2.45. The lowest BCUT2D eigenvalue weighted by Gasteiger charge is -2.21. The summed E-state index contributed by atoms with van der Waals surface area (Å²) in [4.78, 5) is 72.8. The van der Waals surface area contributed by atoms with Crippen molar-refractivity contribution in [3.05, 3.63) is 0 Å². The van der Waals surface area contributed by atoms with Gasteiger partial charge in [-0.1, -0.05) is 369 Å². The minimum atomic E-state index is -4.96. The van der Waals surface area contributed by atoms with Gasteiger partial charge >= 0.3 is 39.5 Å². The summed E-state index contributed by atoms with van der Waals surface area (Å²) in [5.41, 5.74) is 0. The Bertz CT molecular complexity index is 1880. The van der Waals surface area contributed by atoms with Crippen LogP contribution in [0.25, 0.3) is 0 Å². The Balaban J connectivity index is 5.16. The second-order valence-electron chi connectivity index (χ2n) is 28.7. The highest BCUT2D eigenvalue weighted by molar-refractivity contribution is 7.47. The first-order chi connectivity index (χ1) is 47.6. The molecule has 3 unspecified atom stereocenters. The number of hydrogen-bond donors (Lipinski definition) is 3. The van der Waals surface area contributed by atoms with Crippen LogP contribution in [-0.2, 0) is 65.4 Å². The molecule has 6 atom stereocenters. The number of ether oxygens (including phenoxy) is 4. The van der Waals surface area contributed by atoms with Gasteiger partial charge in [0.05, 0.1) is 26.4 Å². The molecule has 0 fully saturated rings. The molecule has 0 aromatic heterocycles. The van der Waals surface area contributed by atoms with Crippen molar-refractivity contribution in [3.8, 4) is 0 Å². The number of hydrogen-bond acceptors (Lipinski definition) is 15. The first kappa shape index (κ1) is 96.1. The number of rotatable bonds is 79. The van der Waals surface area contributed by atoms with E-state index in [4.69, 9.17) is 37.0 Å². The Kier molecular flexibility index (Phi) is 70.6. The number of esters is 4. The first-order valence-electron chi connectivity index (χ1n) is 41.2. The van der Waals surface area contributed by atoms with Gasteiger partial charge in [0.15, 0.2) is 12.2 Å². The molecule has 0 radical (unpaired) electrons. The molecule has 19 heteroatoms. The fraction of sp³-hybridized carbons (Fsp3) is 0.949. The quantitative estimate of drug-likeness (QED) is 0.0222. The minimum Gasteiger partial charge on any atom is -0.462 e. The standard InChI is InChI=1S/C79H154O17P2/c1-6-10-13-16-19-21-23-25-26-27-28-29-30-31-32-37-41-45-50-55-60-65-79(84)96-75(69-90-77(82)63-58-53-48-43-40-36-34-33-35-38-42-47-51-56-61-72(5)9-4)71-94-98(87,88)92-67-73(80)66-91-97(85,86)93-70-74(68-89-76(81)62-57-52-46-18-15-12-8-3)95-78(83)64-59-54-49-44-39-24-22-20-17-14-11-7-2/h72-75,80H,6-71H2,1-5H3,(H,85,86)(H,87,88)/t72?,73-,74+,75+/m0/s1. The van der Waals surface area contributed by atoms with Crippen molar-refractivity contribution in [1.29, 1.82) is 0 Å². The molecule has 0 aliphatic heterocycles. The van der Waals surface area contributed by atoms with Gasteiger partial charge in [-0.05, 0) is 31.6 Å². The van der Waals surface area contributed by atoms with Crippen LogP contribution in [0.3, 0.4) is 0 Å². The van der Waals surface area contributed by atoms with Gasteiger partial charge < -0.3 is 33.8 Å². The molecule has 0 heterocycles. The van der Waals surface area contributed by atoms with E-state index >= 15 is 0 Å². The predicted molar refractivity (Wildman–Crippen MR) is 400 cm³/mol. The summed E-state index contributed by atoms with van der Waals surface area (Å²) in [6.07, 6.45) is 62.6. The van der Waals surface area contributed by atoms with Crippen LogP contribution < -0.4 is 0 Å². The summed E-state index contributed by atoms with van der Waals surface area (Å²) in [7, 11) is -9.91. The van der Waals surface area contributed by atoms with Gasteiger partial charge in [0.25, 0.3) is 0 Å². The molecule has 98 heavy (non-hydrogen) atoms. The Morgan fingerprint density at radius 2 is 0.490 bits per heavy atom. The van der Waals surface area contributed by atoms with E-state index in [1.54, 1.807) is 0 Å². The molecule has 582 valence electrons. The molecule has 3 N–H and O–H groups in total. The number of aliphatic hydroxyl groups is 1. The van der Waals surface area contributed by atoms with Crippen LogP contribution >= 0.6 is 15.6 Å². The minimum absolute atomic E-state index is 0.107. The lowest BCUT2D eigenvalue weighted by atomic mass is 9.99. The van der Waals surface area contributed by atoms with Crippen LogP contribution in [0, 0.1) is 5.92 Å². The molecule has 0 spiro atoms. The van der Waals surface area contributed by atoms with Crippen LogP contribution in [0.15, 0.2) is 0 Å². The van der Waals surface area contributed by atoms with Gasteiger partial charge in [0.1, 0.15) is 19.3 Å². The van der Waals surface area contributed by atoms with E-state index in [0.29, 0.717) is 25.7 Å². The number of phosphoric acid groups is 2. The van der Waals surface area contributed by atoms with Crippen molar-refractivity contribution < 1.29 is 80.2 Å². The smallest absolute Gasteiger partial charge is 0.462 e. The van der Waals surface area contributed by atoms with Crippen molar-refractivity contribution in [2.75, 3.05) is 39.6 Å². The summed E-state index contributed by atoms with van der Waals surface area (Å²) in [5.74, 6) is -1.26. The molecule has 0 aromatic rings. The SMILES string of the molecule is CCCCCCCCCCCCCCCCCCCCCCCC(=O)O[C@H](COC(=O)CCCCCCCCCCCCCCCCC(C)CC)COP(=O)(O)OC[C@@H](O)COP(=O)(O)OC[C@@H](COC(=O)CCCCCCCCC)OC(=O)CCCCCCCCCCCCCC. The molecular weight excluding hydrogens is 1280 g/mol. The van der Waals surface area contributed by atoms with Crippen molar-refractivity contribution in [2.24, 2.45) is 5.92 Å². The molecule has 0 rings (SSSR count). The molecule has 0 saturated heterocycles. The van der Waals surface area contributed by atoms with Crippen LogP contribution in [-0.4, -0.2) is 96.7 Å². The third kappa shape index (κ3) is 71.1. The summed E-state index contributed by atoms with van der Waals surface area (Å²) >= 11 is 0. The average Bonchev–Trinajstić information content (AvgIpc) is 1.01. The van der Waals surface area contributed by atoms with Gasteiger partial charge in [-0.15, -0.1) is 0 Å². The number of aliphatic hydroxyl groups excluding tert-OH is 1. The predicted octanol–water partition coefficient (Wildman–Crippen LogP) is 23.6. The lowest BCUT2D eigenvalue weighted by Crippen LogP contribution is -2.30. The van der Waals surface area contributed by atoms with Crippen LogP contribution in [0.2, 0.25) is 0 Å². The maximum absolute atomic E-state index is 13.1. The second-order valence-corrected chi connectivity index (χ2v) is 31.6. The molecule has 0 aliphatic rings. The molecule has 0 bridgehead atoms. The van der Waals surface area contributed by atoms with Crippen LogP contribution in [0.4, 0.5) is 0 Å². The van der Waals surface area contributed by atoms with E-state index in [-0.39, 0.29) is 25.7 Å². The van der Waals surface area contributed by atoms with Gasteiger partial charge in [-0.25, -0.2) is 9.13 Å². The second kappa shape index (κ2) is 72.0. The summed E-state index contributed by atoms with van der Waals surface area (Å²) < 4.78 is 68.5. The maximum Gasteiger partial charge on any atom is 0.472 e. The normalized spacial score (nSPS) is 14.2. The fourth-order valence-corrected chi connectivity index (χ4v) is 13.8. The summed E-state index contributed by atoms with van der Waals surface area (Å²) in [6, 6.07) is 0. The van der Waals surface area contributed by atoms with E-state index in [2.05, 4.69) is 34.6 Å². The average molecular weight is 1440 g/mol. The number of carbonyl (C=O) groups is 4. The number of phosphoric ester groups is 2. The van der Waals surface area contributed by atoms with Crippen molar-refractivity contribution in [2.45, 2.75) is 438 Å². The fourth-order valence-electron chi connectivity index (χ4n) is 12.2. The highest BCUT2D eigenvalue weighted by atomic mass is 31.2. The Labute approximate surface area is 600 Å². The molecular formula is C79H154O17P2. The van der Waals surface area contributed by atoms with Crippen molar-refractivity contribution >= 4 is 39.5 Å². The van der Waals surface area contributed by atoms with Crippen molar-refractivity contribution in [3.63, 3.8) is 0 Å². The monoisotopic (exact) mass is 1440 g/mol. The zero-order valence-electron chi connectivity index (χ0n) is 63.9. The summed E-state index contributed by atoms with van der Waals surface area (Å²) in [6.45, 7) is 7.32. The molecule has 0 aliphatic carbocycles. The number of unbranched alkanes of at least 4 members (excludes halogenated alkanes) is 50. The highest BCUT2D eigenvalue weighted by Gasteiger charge is 2.30. The molecule has 0 aromatic carbocycles. The number of carbonyl (C=O) groups excluding carboxylic acids is 4. The first-order valence-corrected chi connectivity index (χ1v) is 44.2. The molecule has 17 nitrogen and oxygen atoms in total. The molecule has 0 amide bonds. The zero-order valence-corrected chi connectivity index (χ0v) is 65.7. The van der Waals surface area contributed by atoms with Gasteiger partial charge in [0.2, 0.25) is 0 Å². The van der Waals surface area contributed by atoms with Gasteiger partial charge in [0, 0.05) is 25.7 Å². The van der Waals surface area contributed by atoms with E-state index < -0.39 is 97.5 Å². The lowest BCUT2D eigenvalue weighted by molar-refractivity contribution is -0.161. The largest absolute Gasteiger partial charge is 0.472 e. The third-order valence-electron chi connectivity index (χ3n) is 18.9. The molecule has 0 saturated carbocycles. The zero-order chi connectivity index (χ0) is 71.9. The van der Waals surface area contributed by atoms with Gasteiger partial charge in [-0.2, -0.15) is 0 Å². The summed E-state index contributed by atoms with van der Waals surface area (Å²) in [5, 5.41) is 10.6.